The summed E-state index contributed by atoms with van der Waals surface area (Å²) < 4.78 is 5.26. The molecule has 0 fully saturated rings. The van der Waals surface area contributed by atoms with Gasteiger partial charge in [-0.1, -0.05) is 6.07 Å². The molecule has 1 aromatic carbocycles. The molecule has 150 valence electrons. The van der Waals surface area contributed by atoms with Crippen molar-refractivity contribution in [3.63, 3.8) is 0 Å². The fraction of sp³-hybridized carbons (Fsp3) is 0.550. The number of benzene rings is 1. The lowest BCUT2D eigenvalue weighted by molar-refractivity contribution is -0.154. The Balaban J connectivity index is 2.56. The number of amides is 3. The molecular weight excluding hydrogens is 346 g/mol. The van der Waals surface area contributed by atoms with Gasteiger partial charge in [-0.3, -0.25) is 9.59 Å². The van der Waals surface area contributed by atoms with E-state index in [0.717, 1.165) is 0 Å². The summed E-state index contributed by atoms with van der Waals surface area (Å²) in [6.07, 6.45) is 0.776. The minimum atomic E-state index is -0.506. The molecule has 7 nitrogen and oxygen atoms in total. The number of hydrogen-bond acceptors (Lipinski definition) is 4. The van der Waals surface area contributed by atoms with Crippen LogP contribution in [0.15, 0.2) is 24.3 Å². The Bertz CT molecular complexity index is 665. The molecule has 0 heterocycles. The third-order valence-electron chi connectivity index (χ3n) is 3.43. The fourth-order valence-corrected chi connectivity index (χ4v) is 2.33. The smallest absolute Gasteiger partial charge is 0.319 e. The van der Waals surface area contributed by atoms with E-state index in [1.54, 1.807) is 36.2 Å². The number of rotatable bonds is 7. The Morgan fingerprint density at radius 3 is 2.44 bits per heavy atom. The molecule has 0 saturated carbocycles. The van der Waals surface area contributed by atoms with Crippen molar-refractivity contribution in [1.82, 2.24) is 10.2 Å². The second-order valence-corrected chi connectivity index (χ2v) is 7.75. The highest BCUT2D eigenvalue weighted by Gasteiger charge is 2.17. The lowest BCUT2D eigenvalue weighted by Crippen LogP contribution is -2.34. The molecule has 7 heteroatoms. The van der Waals surface area contributed by atoms with Crippen LogP contribution in [0.1, 0.15) is 57.8 Å². The van der Waals surface area contributed by atoms with Crippen LogP contribution in [0, 0.1) is 0 Å². The first-order valence-electron chi connectivity index (χ1n) is 9.13. The summed E-state index contributed by atoms with van der Waals surface area (Å²) in [4.78, 5) is 37.6. The maximum atomic E-state index is 12.5. The molecule has 3 amide bonds. The van der Waals surface area contributed by atoms with Crippen molar-refractivity contribution >= 4 is 23.6 Å². The van der Waals surface area contributed by atoms with Gasteiger partial charge in [0.25, 0.3) is 5.91 Å². The maximum absolute atomic E-state index is 12.5. The van der Waals surface area contributed by atoms with Crippen LogP contribution < -0.4 is 10.6 Å². The number of carbonyl (C=O) groups excluding carboxylic acids is 3. The normalized spacial score (nSPS) is 11.1. The Morgan fingerprint density at radius 2 is 1.85 bits per heavy atom. The molecule has 1 rings (SSSR count). The number of nitrogens with zero attached hydrogens (tertiary/aromatic N) is 1. The van der Waals surface area contributed by atoms with Gasteiger partial charge in [0.2, 0.25) is 0 Å². The van der Waals surface area contributed by atoms with Gasteiger partial charge in [-0.25, -0.2) is 4.79 Å². The molecule has 0 spiro atoms. The van der Waals surface area contributed by atoms with Crippen molar-refractivity contribution < 1.29 is 19.1 Å². The van der Waals surface area contributed by atoms with E-state index in [1.165, 1.54) is 0 Å². The van der Waals surface area contributed by atoms with E-state index in [4.69, 9.17) is 4.74 Å². The van der Waals surface area contributed by atoms with Crippen LogP contribution >= 0.6 is 0 Å². The third kappa shape index (κ3) is 9.08. The van der Waals surface area contributed by atoms with Gasteiger partial charge < -0.3 is 20.3 Å². The molecule has 27 heavy (non-hydrogen) atoms. The van der Waals surface area contributed by atoms with Crippen LogP contribution in [0.4, 0.5) is 10.5 Å². The summed E-state index contributed by atoms with van der Waals surface area (Å²) in [7, 11) is 1.68. The first-order chi connectivity index (χ1) is 12.5. The topological polar surface area (TPSA) is 87.7 Å². The van der Waals surface area contributed by atoms with Gasteiger partial charge >= 0.3 is 12.0 Å². The summed E-state index contributed by atoms with van der Waals surface area (Å²) >= 11 is 0. The number of carbonyl (C=O) groups is 3. The maximum Gasteiger partial charge on any atom is 0.319 e. The highest BCUT2D eigenvalue weighted by Crippen LogP contribution is 2.13. The average Bonchev–Trinajstić information content (AvgIpc) is 2.51. The molecule has 0 unspecified atom stereocenters. The van der Waals surface area contributed by atoms with E-state index in [-0.39, 0.29) is 30.4 Å². The molecule has 0 atom stereocenters. The average molecular weight is 377 g/mol. The molecule has 0 aliphatic rings. The molecule has 0 aromatic heterocycles. The van der Waals surface area contributed by atoms with Crippen molar-refractivity contribution in [3.05, 3.63) is 29.8 Å². The Kier molecular flexibility index (Phi) is 8.28. The lowest BCUT2D eigenvalue weighted by atomic mass is 10.1. The Labute approximate surface area is 161 Å². The van der Waals surface area contributed by atoms with Crippen molar-refractivity contribution in [2.24, 2.45) is 0 Å². The van der Waals surface area contributed by atoms with Crippen molar-refractivity contribution in [2.45, 2.75) is 59.1 Å². The molecule has 0 saturated heterocycles. The molecule has 0 aliphatic heterocycles. The SMILES string of the molecule is CC(C)NC(=O)Nc1cccc(C(=O)N(C)CCCC(=O)OC(C)(C)C)c1. The minimum absolute atomic E-state index is 0.0194. The van der Waals surface area contributed by atoms with E-state index in [0.29, 0.717) is 24.2 Å². The van der Waals surface area contributed by atoms with Crippen molar-refractivity contribution in [3.8, 4) is 0 Å². The predicted molar refractivity (Wildman–Crippen MR) is 106 cm³/mol. The zero-order valence-corrected chi connectivity index (χ0v) is 17.1. The molecular formula is C20H31N3O4. The molecule has 0 radical (unpaired) electrons. The largest absolute Gasteiger partial charge is 0.460 e. The number of ether oxygens (including phenoxy) is 1. The first kappa shape index (κ1) is 22.5. The Morgan fingerprint density at radius 1 is 1.19 bits per heavy atom. The van der Waals surface area contributed by atoms with Gasteiger partial charge in [0.1, 0.15) is 5.60 Å². The van der Waals surface area contributed by atoms with Gasteiger partial charge in [0, 0.05) is 37.3 Å². The highest BCUT2D eigenvalue weighted by atomic mass is 16.6. The zero-order valence-electron chi connectivity index (χ0n) is 17.1. The van der Waals surface area contributed by atoms with Gasteiger partial charge in [-0.15, -0.1) is 0 Å². The van der Waals surface area contributed by atoms with Gasteiger partial charge in [0.15, 0.2) is 0 Å². The molecule has 2 N–H and O–H groups in total. The number of esters is 1. The number of anilines is 1. The van der Waals surface area contributed by atoms with Crippen LogP contribution in [0.5, 0.6) is 0 Å². The molecule has 0 bridgehead atoms. The monoisotopic (exact) mass is 377 g/mol. The van der Waals surface area contributed by atoms with Gasteiger partial charge in [-0.05, 0) is 59.2 Å². The van der Waals surface area contributed by atoms with Crippen molar-refractivity contribution in [1.29, 1.82) is 0 Å². The van der Waals surface area contributed by atoms with Crippen LogP contribution in [0.2, 0.25) is 0 Å². The summed E-state index contributed by atoms with van der Waals surface area (Å²) in [6.45, 7) is 9.64. The van der Waals surface area contributed by atoms with Gasteiger partial charge in [-0.2, -0.15) is 0 Å². The zero-order chi connectivity index (χ0) is 20.6. The number of hydrogen-bond donors (Lipinski definition) is 2. The summed E-state index contributed by atoms with van der Waals surface area (Å²) in [5, 5.41) is 5.43. The quantitative estimate of drug-likeness (QED) is 0.713. The number of nitrogens with one attached hydrogen (secondary N) is 2. The fourth-order valence-electron chi connectivity index (χ4n) is 2.33. The van der Waals surface area contributed by atoms with Crippen LogP contribution in [0.3, 0.4) is 0 Å². The van der Waals surface area contributed by atoms with E-state index < -0.39 is 5.60 Å². The second kappa shape index (κ2) is 9.94. The second-order valence-electron chi connectivity index (χ2n) is 7.75. The molecule has 1 aromatic rings. The van der Waals surface area contributed by atoms with Crippen LogP contribution in [-0.4, -0.2) is 48.0 Å². The van der Waals surface area contributed by atoms with Crippen molar-refractivity contribution in [2.75, 3.05) is 18.9 Å². The van der Waals surface area contributed by atoms with Crippen LogP contribution in [-0.2, 0) is 9.53 Å². The highest BCUT2D eigenvalue weighted by molar-refractivity contribution is 5.96. The standard InChI is InChI=1S/C20H31N3O4/c1-14(2)21-19(26)22-16-10-7-9-15(13-16)18(25)23(6)12-8-11-17(24)27-20(3,4)5/h7,9-10,13-14H,8,11-12H2,1-6H3,(H2,21,22,26). The minimum Gasteiger partial charge on any atom is -0.460 e. The summed E-state index contributed by atoms with van der Waals surface area (Å²) in [5.41, 5.74) is 0.506. The summed E-state index contributed by atoms with van der Waals surface area (Å²) in [5.74, 6) is -0.446. The third-order valence-corrected chi connectivity index (χ3v) is 3.43. The first-order valence-corrected chi connectivity index (χ1v) is 9.13. The molecule has 0 aliphatic carbocycles. The van der Waals surface area contributed by atoms with E-state index in [1.807, 2.05) is 34.6 Å². The van der Waals surface area contributed by atoms with E-state index in [9.17, 15) is 14.4 Å². The Hall–Kier alpha value is -2.57. The lowest BCUT2D eigenvalue weighted by Gasteiger charge is -2.20. The number of urea groups is 1. The summed E-state index contributed by atoms with van der Waals surface area (Å²) in [6, 6.07) is 6.46. The van der Waals surface area contributed by atoms with E-state index in [2.05, 4.69) is 10.6 Å². The van der Waals surface area contributed by atoms with Crippen LogP contribution in [0.25, 0.3) is 0 Å². The predicted octanol–water partition coefficient (Wildman–Crippen LogP) is 3.41. The van der Waals surface area contributed by atoms with Gasteiger partial charge in [0.05, 0.1) is 0 Å². The van der Waals surface area contributed by atoms with E-state index >= 15 is 0 Å².